The van der Waals surface area contributed by atoms with Gasteiger partial charge in [0, 0.05) is 32.5 Å². The van der Waals surface area contributed by atoms with Gasteiger partial charge in [-0.3, -0.25) is 14.4 Å². The number of carbonyl (C=O) groups is 3. The van der Waals surface area contributed by atoms with Gasteiger partial charge in [0.25, 0.3) is 0 Å². The van der Waals surface area contributed by atoms with Gasteiger partial charge in [-0.15, -0.1) is 0 Å². The van der Waals surface area contributed by atoms with Crippen LogP contribution in [0.15, 0.2) is 30.3 Å². The summed E-state index contributed by atoms with van der Waals surface area (Å²) in [5.74, 6) is -0.401. The van der Waals surface area contributed by atoms with E-state index < -0.39 is 17.5 Å². The van der Waals surface area contributed by atoms with Gasteiger partial charge in [0.05, 0.1) is 0 Å². The largest absolute Gasteiger partial charge is 0.357 e. The average Bonchev–Trinajstić information content (AvgIpc) is 3.13. The zero-order valence-corrected chi connectivity index (χ0v) is 17.0. The van der Waals surface area contributed by atoms with Crippen LogP contribution in [0.2, 0.25) is 0 Å². The van der Waals surface area contributed by atoms with Crippen molar-refractivity contribution in [3.05, 3.63) is 35.9 Å². The van der Waals surface area contributed by atoms with Crippen molar-refractivity contribution in [2.45, 2.75) is 52.1 Å². The summed E-state index contributed by atoms with van der Waals surface area (Å²) in [6, 6.07) is 8.53. The molecule has 1 heterocycles. The van der Waals surface area contributed by atoms with E-state index in [-0.39, 0.29) is 17.7 Å². The first-order valence-corrected chi connectivity index (χ1v) is 9.50. The Morgan fingerprint density at radius 2 is 1.85 bits per heavy atom. The van der Waals surface area contributed by atoms with Crippen LogP contribution in [0.1, 0.15) is 39.2 Å². The summed E-state index contributed by atoms with van der Waals surface area (Å²) in [6.07, 6.45) is 1.87. The standard InChI is InChI=1S/C21H31N3O3/c1-21(2,3)20(27)24-13-9-12-16(24)19(26)23(5)17(18(25)22-4)14-15-10-7-6-8-11-15/h6-8,10-11,16-17H,9,12-14H2,1-5H3,(H,22,25)/t16-,17-/m0/s1. The van der Waals surface area contributed by atoms with E-state index in [1.54, 1.807) is 19.0 Å². The van der Waals surface area contributed by atoms with Gasteiger partial charge in [-0.1, -0.05) is 51.1 Å². The molecule has 1 aromatic rings. The number of likely N-dealkylation sites (tertiary alicyclic amines) is 1. The average molecular weight is 373 g/mol. The maximum Gasteiger partial charge on any atom is 0.245 e. The Labute approximate surface area is 161 Å². The van der Waals surface area contributed by atoms with E-state index in [9.17, 15) is 14.4 Å². The van der Waals surface area contributed by atoms with E-state index in [4.69, 9.17) is 0 Å². The minimum Gasteiger partial charge on any atom is -0.357 e. The van der Waals surface area contributed by atoms with Crippen LogP contribution in [0.5, 0.6) is 0 Å². The van der Waals surface area contributed by atoms with Crippen molar-refractivity contribution >= 4 is 17.7 Å². The first kappa shape index (κ1) is 20.9. The zero-order valence-electron chi connectivity index (χ0n) is 17.0. The van der Waals surface area contributed by atoms with E-state index in [2.05, 4.69) is 5.32 Å². The van der Waals surface area contributed by atoms with Crippen molar-refractivity contribution < 1.29 is 14.4 Å². The van der Waals surface area contributed by atoms with Gasteiger partial charge in [-0.05, 0) is 18.4 Å². The maximum absolute atomic E-state index is 13.2. The molecule has 0 radical (unpaired) electrons. The lowest BCUT2D eigenvalue weighted by Crippen LogP contribution is -2.55. The number of likely N-dealkylation sites (N-methyl/N-ethyl adjacent to an activating group) is 2. The minimum atomic E-state index is -0.614. The predicted molar refractivity (Wildman–Crippen MR) is 105 cm³/mol. The lowest BCUT2D eigenvalue weighted by molar-refractivity contribution is -0.150. The molecule has 1 saturated heterocycles. The highest BCUT2D eigenvalue weighted by molar-refractivity contribution is 5.93. The van der Waals surface area contributed by atoms with Crippen molar-refractivity contribution in [2.24, 2.45) is 5.41 Å². The molecule has 2 rings (SSSR count). The number of rotatable bonds is 5. The number of hydrogen-bond acceptors (Lipinski definition) is 3. The Morgan fingerprint density at radius 3 is 2.41 bits per heavy atom. The molecule has 0 aliphatic carbocycles. The molecule has 0 spiro atoms. The first-order valence-electron chi connectivity index (χ1n) is 9.50. The van der Waals surface area contributed by atoms with Crippen molar-refractivity contribution in [3.63, 3.8) is 0 Å². The van der Waals surface area contributed by atoms with E-state index in [1.165, 1.54) is 4.90 Å². The Morgan fingerprint density at radius 1 is 1.22 bits per heavy atom. The smallest absolute Gasteiger partial charge is 0.245 e. The molecule has 148 valence electrons. The Bertz CT molecular complexity index is 682. The number of amides is 3. The molecule has 6 heteroatoms. The molecule has 1 aromatic carbocycles. The Balaban J connectivity index is 2.20. The van der Waals surface area contributed by atoms with Crippen LogP contribution in [-0.2, 0) is 20.8 Å². The molecule has 0 bridgehead atoms. The van der Waals surface area contributed by atoms with Crippen LogP contribution in [0, 0.1) is 5.41 Å². The summed E-state index contributed by atoms with van der Waals surface area (Å²) in [6.45, 7) is 6.18. The van der Waals surface area contributed by atoms with Crippen molar-refractivity contribution in [3.8, 4) is 0 Å². The van der Waals surface area contributed by atoms with Crippen molar-refractivity contribution in [1.29, 1.82) is 0 Å². The van der Waals surface area contributed by atoms with Gasteiger partial charge in [0.15, 0.2) is 0 Å². The number of hydrogen-bond donors (Lipinski definition) is 1. The van der Waals surface area contributed by atoms with Gasteiger partial charge >= 0.3 is 0 Å². The molecule has 1 aliphatic heterocycles. The minimum absolute atomic E-state index is 0.0219. The van der Waals surface area contributed by atoms with Gasteiger partial charge < -0.3 is 15.1 Å². The van der Waals surface area contributed by atoms with Crippen LogP contribution in [0.3, 0.4) is 0 Å². The van der Waals surface area contributed by atoms with Crippen LogP contribution in [0.4, 0.5) is 0 Å². The fourth-order valence-electron chi connectivity index (χ4n) is 3.50. The van der Waals surface area contributed by atoms with Crippen LogP contribution >= 0.6 is 0 Å². The molecule has 3 amide bonds. The molecule has 0 saturated carbocycles. The normalized spacial score (nSPS) is 18.1. The van der Waals surface area contributed by atoms with Crippen LogP contribution in [0.25, 0.3) is 0 Å². The number of nitrogens with zero attached hydrogens (tertiary/aromatic N) is 2. The van der Waals surface area contributed by atoms with E-state index >= 15 is 0 Å². The van der Waals surface area contributed by atoms with Gasteiger partial charge in [0.2, 0.25) is 17.7 Å². The number of carbonyl (C=O) groups excluding carboxylic acids is 3. The number of nitrogens with one attached hydrogen (secondary N) is 1. The highest BCUT2D eigenvalue weighted by Gasteiger charge is 2.41. The highest BCUT2D eigenvalue weighted by Crippen LogP contribution is 2.27. The summed E-state index contributed by atoms with van der Waals surface area (Å²) in [5.41, 5.74) is 0.450. The van der Waals surface area contributed by atoms with Gasteiger partial charge in [-0.2, -0.15) is 0 Å². The molecule has 1 N–H and O–H groups in total. The van der Waals surface area contributed by atoms with Crippen molar-refractivity contribution in [2.75, 3.05) is 20.6 Å². The quantitative estimate of drug-likeness (QED) is 0.856. The third-order valence-corrected chi connectivity index (χ3v) is 5.08. The van der Waals surface area contributed by atoms with Crippen LogP contribution < -0.4 is 5.32 Å². The SMILES string of the molecule is CNC(=O)[C@H](Cc1ccccc1)N(C)C(=O)[C@@H]1CCCN1C(=O)C(C)(C)C. The van der Waals surface area contributed by atoms with E-state index in [0.29, 0.717) is 19.4 Å². The van der Waals surface area contributed by atoms with E-state index in [0.717, 1.165) is 12.0 Å². The lowest BCUT2D eigenvalue weighted by atomic mass is 9.94. The van der Waals surface area contributed by atoms with E-state index in [1.807, 2.05) is 51.1 Å². The first-order chi connectivity index (χ1) is 12.7. The second-order valence-corrected chi connectivity index (χ2v) is 8.18. The third-order valence-electron chi connectivity index (χ3n) is 5.08. The molecule has 1 fully saturated rings. The monoisotopic (exact) mass is 373 g/mol. The molecule has 0 unspecified atom stereocenters. The predicted octanol–water partition coefficient (Wildman–Crippen LogP) is 1.84. The molecular weight excluding hydrogens is 342 g/mol. The summed E-state index contributed by atoms with van der Waals surface area (Å²) < 4.78 is 0. The van der Waals surface area contributed by atoms with Gasteiger partial charge in [0.1, 0.15) is 12.1 Å². The second kappa shape index (κ2) is 8.55. The molecule has 27 heavy (non-hydrogen) atoms. The zero-order chi connectivity index (χ0) is 20.2. The molecule has 1 aliphatic rings. The molecule has 2 atom stereocenters. The van der Waals surface area contributed by atoms with Crippen molar-refractivity contribution in [1.82, 2.24) is 15.1 Å². The van der Waals surface area contributed by atoms with Crippen LogP contribution in [-0.4, -0.2) is 60.2 Å². The second-order valence-electron chi connectivity index (χ2n) is 8.18. The summed E-state index contributed by atoms with van der Waals surface area (Å²) in [4.78, 5) is 41.6. The summed E-state index contributed by atoms with van der Waals surface area (Å²) in [7, 11) is 3.23. The highest BCUT2D eigenvalue weighted by atomic mass is 16.2. The summed E-state index contributed by atoms with van der Waals surface area (Å²) in [5, 5.41) is 2.66. The summed E-state index contributed by atoms with van der Waals surface area (Å²) >= 11 is 0. The Hall–Kier alpha value is -2.37. The topological polar surface area (TPSA) is 69.7 Å². The lowest BCUT2D eigenvalue weighted by Gasteiger charge is -2.34. The number of benzene rings is 1. The maximum atomic E-state index is 13.2. The molecule has 0 aromatic heterocycles. The Kier molecular flexibility index (Phi) is 6.63. The van der Waals surface area contributed by atoms with Gasteiger partial charge in [-0.25, -0.2) is 0 Å². The molecular formula is C21H31N3O3. The molecule has 6 nitrogen and oxygen atoms in total. The fraction of sp³-hybridized carbons (Fsp3) is 0.571. The fourth-order valence-corrected chi connectivity index (χ4v) is 3.50. The third kappa shape index (κ3) is 4.87.